The van der Waals surface area contributed by atoms with Gasteiger partial charge in [0.1, 0.15) is 6.54 Å². The van der Waals surface area contributed by atoms with E-state index < -0.39 is 9.84 Å². The van der Waals surface area contributed by atoms with Crippen molar-refractivity contribution in [2.75, 3.05) is 37.4 Å². The molecule has 0 atom stereocenters. The van der Waals surface area contributed by atoms with Gasteiger partial charge in [0, 0.05) is 43.7 Å². The third-order valence-electron chi connectivity index (χ3n) is 6.45. The van der Waals surface area contributed by atoms with Crippen LogP contribution in [0.25, 0.3) is 10.2 Å². The number of sulfone groups is 1. The van der Waals surface area contributed by atoms with Crippen molar-refractivity contribution in [2.45, 2.75) is 25.3 Å². The molecule has 198 valence electrons. The second-order valence-corrected chi connectivity index (χ2v) is 12.3. The van der Waals surface area contributed by atoms with E-state index in [-0.39, 0.29) is 23.3 Å². The Balaban J connectivity index is 1.40. The molecular formula is C26H28N6O4S2. The van der Waals surface area contributed by atoms with Gasteiger partial charge in [0.05, 0.1) is 20.8 Å². The molecule has 12 heteroatoms. The summed E-state index contributed by atoms with van der Waals surface area (Å²) in [6.07, 6.45) is 1.16. The summed E-state index contributed by atoms with van der Waals surface area (Å²) >= 11 is 1.26. The Morgan fingerprint density at radius 3 is 2.34 bits per heavy atom. The van der Waals surface area contributed by atoms with Gasteiger partial charge >= 0.3 is 0 Å². The summed E-state index contributed by atoms with van der Waals surface area (Å²) in [7, 11) is -3.38. The molecule has 0 saturated carbocycles. The van der Waals surface area contributed by atoms with Gasteiger partial charge in [0.25, 0.3) is 5.91 Å². The van der Waals surface area contributed by atoms with E-state index in [1.165, 1.54) is 17.4 Å². The predicted molar refractivity (Wildman–Crippen MR) is 146 cm³/mol. The van der Waals surface area contributed by atoms with Gasteiger partial charge < -0.3 is 4.90 Å². The van der Waals surface area contributed by atoms with E-state index in [0.29, 0.717) is 47.1 Å². The van der Waals surface area contributed by atoms with Crippen LogP contribution >= 0.6 is 11.3 Å². The molecule has 5 rings (SSSR count). The van der Waals surface area contributed by atoms with Gasteiger partial charge in [-0.3, -0.25) is 14.3 Å². The number of aromatic nitrogens is 3. The molecule has 0 radical (unpaired) electrons. The molecule has 2 amide bonds. The van der Waals surface area contributed by atoms with E-state index in [2.05, 4.69) is 10.1 Å². The number of hydrogen-bond acceptors (Lipinski definition) is 8. The van der Waals surface area contributed by atoms with Crippen LogP contribution in [0.15, 0.2) is 59.5 Å². The Hall–Kier alpha value is -3.61. The standard InChI is InChI=1S/C26H28N6O4S2/c1-18-15-19(2)31(28-18)17-24(33)29-11-13-30(14-12-29)32(25(34)20-7-5-4-6-8-20)26-27-22-10-9-21(38(3,35)36)16-23(22)37-26/h4-10,15-16H,11-14,17H2,1-3H3. The van der Waals surface area contributed by atoms with Gasteiger partial charge in [0.15, 0.2) is 9.84 Å². The van der Waals surface area contributed by atoms with Crippen molar-refractivity contribution in [3.63, 3.8) is 0 Å². The molecule has 1 saturated heterocycles. The van der Waals surface area contributed by atoms with Crippen molar-refractivity contribution in [3.8, 4) is 0 Å². The van der Waals surface area contributed by atoms with Crippen LogP contribution in [-0.4, -0.2) is 77.3 Å². The monoisotopic (exact) mass is 552 g/mol. The van der Waals surface area contributed by atoms with Crippen molar-refractivity contribution in [2.24, 2.45) is 0 Å². The zero-order chi connectivity index (χ0) is 27.0. The number of benzene rings is 2. The topological polar surface area (TPSA) is 109 Å². The molecule has 1 aliphatic rings. The van der Waals surface area contributed by atoms with Gasteiger partial charge in [-0.1, -0.05) is 29.5 Å². The highest BCUT2D eigenvalue weighted by molar-refractivity contribution is 7.90. The SMILES string of the molecule is Cc1cc(C)n(CC(=O)N2CCN(N(C(=O)c3ccccc3)c3nc4ccc(S(C)(=O)=O)cc4s3)CC2)n1. The summed E-state index contributed by atoms with van der Waals surface area (Å²) < 4.78 is 26.5. The summed E-state index contributed by atoms with van der Waals surface area (Å²) in [6.45, 7) is 5.76. The zero-order valence-corrected chi connectivity index (χ0v) is 23.0. The van der Waals surface area contributed by atoms with Crippen LogP contribution < -0.4 is 5.01 Å². The molecule has 0 unspecified atom stereocenters. The molecular weight excluding hydrogens is 524 g/mol. The average Bonchev–Trinajstić information content (AvgIpc) is 3.45. The van der Waals surface area contributed by atoms with E-state index in [9.17, 15) is 18.0 Å². The maximum atomic E-state index is 13.7. The smallest absolute Gasteiger partial charge is 0.274 e. The quantitative estimate of drug-likeness (QED) is 0.362. The minimum Gasteiger partial charge on any atom is -0.338 e. The summed E-state index contributed by atoms with van der Waals surface area (Å²) in [6, 6.07) is 15.7. The molecule has 10 nitrogen and oxygen atoms in total. The molecule has 2 aromatic heterocycles. The molecule has 0 bridgehead atoms. The molecule has 1 fully saturated rings. The average molecular weight is 553 g/mol. The lowest BCUT2D eigenvalue weighted by Gasteiger charge is -2.39. The number of fused-ring (bicyclic) bond motifs is 1. The first kappa shape index (κ1) is 26.0. The van der Waals surface area contributed by atoms with Crippen LogP contribution in [-0.2, 0) is 21.2 Å². The molecule has 0 aliphatic carbocycles. The highest BCUT2D eigenvalue weighted by Gasteiger charge is 2.32. The predicted octanol–water partition coefficient (Wildman–Crippen LogP) is 2.92. The fraction of sp³-hybridized carbons (Fsp3) is 0.308. The molecule has 0 N–H and O–H groups in total. The number of hydrazine groups is 1. The van der Waals surface area contributed by atoms with Crippen molar-refractivity contribution < 1.29 is 18.0 Å². The van der Waals surface area contributed by atoms with Gasteiger partial charge in [-0.2, -0.15) is 5.10 Å². The molecule has 38 heavy (non-hydrogen) atoms. The van der Waals surface area contributed by atoms with E-state index in [0.717, 1.165) is 17.6 Å². The lowest BCUT2D eigenvalue weighted by Crippen LogP contribution is -2.57. The summed E-state index contributed by atoms with van der Waals surface area (Å²) in [5, 5.41) is 8.29. The van der Waals surface area contributed by atoms with Crippen molar-refractivity contribution in [3.05, 3.63) is 71.5 Å². The minimum absolute atomic E-state index is 0.0231. The number of anilines is 1. The number of aryl methyl sites for hydroxylation is 2. The Morgan fingerprint density at radius 1 is 1.00 bits per heavy atom. The number of piperazine rings is 1. The summed E-state index contributed by atoms with van der Waals surface area (Å²) in [5.41, 5.74) is 2.92. The normalized spacial score (nSPS) is 14.7. The van der Waals surface area contributed by atoms with E-state index in [4.69, 9.17) is 0 Å². The van der Waals surface area contributed by atoms with Crippen LogP contribution in [0.4, 0.5) is 5.13 Å². The van der Waals surface area contributed by atoms with E-state index in [1.54, 1.807) is 51.0 Å². The Morgan fingerprint density at radius 2 is 1.71 bits per heavy atom. The summed E-state index contributed by atoms with van der Waals surface area (Å²) in [5.74, 6) is -0.263. The number of carbonyl (C=O) groups is 2. The Kier molecular flexibility index (Phi) is 7.03. The first-order valence-corrected chi connectivity index (χ1v) is 14.8. The van der Waals surface area contributed by atoms with Crippen LogP contribution in [0, 0.1) is 13.8 Å². The second kappa shape index (κ2) is 10.3. The maximum absolute atomic E-state index is 13.7. The zero-order valence-electron chi connectivity index (χ0n) is 21.4. The first-order chi connectivity index (χ1) is 18.1. The molecule has 3 heterocycles. The minimum atomic E-state index is -3.38. The first-order valence-electron chi connectivity index (χ1n) is 12.1. The molecule has 0 spiro atoms. The molecule has 4 aromatic rings. The molecule has 2 aromatic carbocycles. The Bertz CT molecular complexity index is 1610. The van der Waals surface area contributed by atoms with Crippen molar-refractivity contribution in [1.29, 1.82) is 0 Å². The fourth-order valence-electron chi connectivity index (χ4n) is 4.46. The van der Waals surface area contributed by atoms with Crippen LogP contribution in [0.2, 0.25) is 0 Å². The van der Waals surface area contributed by atoms with Gasteiger partial charge in [-0.05, 0) is 50.2 Å². The van der Waals surface area contributed by atoms with Crippen LogP contribution in [0.1, 0.15) is 21.7 Å². The third kappa shape index (κ3) is 5.33. The van der Waals surface area contributed by atoms with Gasteiger partial charge in [0.2, 0.25) is 11.0 Å². The molecule has 1 aliphatic heterocycles. The van der Waals surface area contributed by atoms with Crippen LogP contribution in [0.3, 0.4) is 0 Å². The number of hydrogen-bond donors (Lipinski definition) is 0. The van der Waals surface area contributed by atoms with Crippen molar-refractivity contribution in [1.82, 2.24) is 24.7 Å². The Labute approximate surface area is 225 Å². The number of thiazole rings is 1. The van der Waals surface area contributed by atoms with Crippen molar-refractivity contribution >= 4 is 48.3 Å². The van der Waals surface area contributed by atoms with Crippen LogP contribution in [0.5, 0.6) is 0 Å². The highest BCUT2D eigenvalue weighted by atomic mass is 32.2. The lowest BCUT2D eigenvalue weighted by atomic mass is 10.2. The van der Waals surface area contributed by atoms with Gasteiger partial charge in [-0.25, -0.2) is 23.4 Å². The summed E-state index contributed by atoms with van der Waals surface area (Å²) in [4.78, 5) is 33.3. The van der Waals surface area contributed by atoms with Gasteiger partial charge in [-0.15, -0.1) is 0 Å². The maximum Gasteiger partial charge on any atom is 0.274 e. The third-order valence-corrected chi connectivity index (χ3v) is 8.55. The fourth-order valence-corrected chi connectivity index (χ4v) is 6.21. The number of rotatable bonds is 6. The largest absolute Gasteiger partial charge is 0.338 e. The second-order valence-electron chi connectivity index (χ2n) is 9.30. The number of carbonyl (C=O) groups excluding carboxylic acids is 2. The van der Waals surface area contributed by atoms with E-state index >= 15 is 0 Å². The lowest BCUT2D eigenvalue weighted by molar-refractivity contribution is -0.133. The number of amides is 2. The highest BCUT2D eigenvalue weighted by Crippen LogP contribution is 2.32. The van der Waals surface area contributed by atoms with E-state index in [1.807, 2.05) is 31.0 Å². The number of nitrogens with zero attached hydrogens (tertiary/aromatic N) is 6.